The standard InChI is InChI=1S/C23H29N3O5/c1-25-9-11-26(12-10-25)23(28)17-6-8-19(29-2)18(15-17)24-22(27)14-16-5-7-20(30-3)21(13-16)31-4/h5-8,13,15H,9-12,14H2,1-4H3,(H,24,27). The monoisotopic (exact) mass is 427 g/mol. The van der Waals surface area contributed by atoms with E-state index in [1.807, 2.05) is 18.0 Å². The largest absolute Gasteiger partial charge is 0.495 e. The molecule has 31 heavy (non-hydrogen) atoms. The Balaban J connectivity index is 1.73. The van der Waals surface area contributed by atoms with Gasteiger partial charge in [-0.05, 0) is 42.9 Å². The van der Waals surface area contributed by atoms with E-state index in [1.54, 1.807) is 44.6 Å². The highest BCUT2D eigenvalue weighted by atomic mass is 16.5. The summed E-state index contributed by atoms with van der Waals surface area (Å²) in [4.78, 5) is 29.6. The maximum atomic E-state index is 12.9. The molecule has 0 aromatic heterocycles. The first kappa shape index (κ1) is 22.4. The maximum Gasteiger partial charge on any atom is 0.254 e. The second-order valence-electron chi connectivity index (χ2n) is 7.42. The number of hydrogen-bond acceptors (Lipinski definition) is 6. The molecule has 1 aliphatic heterocycles. The van der Waals surface area contributed by atoms with Crippen LogP contribution in [0, 0.1) is 0 Å². The smallest absolute Gasteiger partial charge is 0.254 e. The van der Waals surface area contributed by atoms with Crippen molar-refractivity contribution >= 4 is 17.5 Å². The van der Waals surface area contributed by atoms with Crippen molar-refractivity contribution in [3.63, 3.8) is 0 Å². The molecule has 166 valence electrons. The molecular weight excluding hydrogens is 398 g/mol. The number of likely N-dealkylation sites (N-methyl/N-ethyl adjacent to an activating group) is 1. The molecule has 1 heterocycles. The number of hydrogen-bond donors (Lipinski definition) is 1. The zero-order valence-corrected chi connectivity index (χ0v) is 18.4. The zero-order chi connectivity index (χ0) is 22.4. The van der Waals surface area contributed by atoms with Crippen molar-refractivity contribution in [3.8, 4) is 17.2 Å². The van der Waals surface area contributed by atoms with Crippen LogP contribution in [0.2, 0.25) is 0 Å². The summed E-state index contributed by atoms with van der Waals surface area (Å²) in [5.74, 6) is 1.38. The summed E-state index contributed by atoms with van der Waals surface area (Å²) >= 11 is 0. The number of piperazine rings is 1. The Morgan fingerprint density at radius 2 is 1.52 bits per heavy atom. The van der Waals surface area contributed by atoms with Crippen LogP contribution in [-0.4, -0.2) is 76.2 Å². The van der Waals surface area contributed by atoms with Crippen molar-refractivity contribution in [3.05, 3.63) is 47.5 Å². The topological polar surface area (TPSA) is 80.3 Å². The van der Waals surface area contributed by atoms with Crippen molar-refractivity contribution in [2.75, 3.05) is 59.9 Å². The van der Waals surface area contributed by atoms with Gasteiger partial charge in [-0.25, -0.2) is 0 Å². The third-order valence-corrected chi connectivity index (χ3v) is 5.32. The van der Waals surface area contributed by atoms with Crippen LogP contribution in [0.4, 0.5) is 5.69 Å². The average molecular weight is 428 g/mol. The van der Waals surface area contributed by atoms with Crippen LogP contribution in [0.25, 0.3) is 0 Å². The predicted molar refractivity (Wildman–Crippen MR) is 118 cm³/mol. The van der Waals surface area contributed by atoms with E-state index in [2.05, 4.69) is 10.2 Å². The van der Waals surface area contributed by atoms with E-state index in [9.17, 15) is 9.59 Å². The van der Waals surface area contributed by atoms with Crippen LogP contribution in [-0.2, 0) is 11.2 Å². The first-order valence-corrected chi connectivity index (χ1v) is 10.1. The van der Waals surface area contributed by atoms with Gasteiger partial charge in [0, 0.05) is 31.7 Å². The van der Waals surface area contributed by atoms with Crippen LogP contribution >= 0.6 is 0 Å². The van der Waals surface area contributed by atoms with Crippen LogP contribution in [0.1, 0.15) is 15.9 Å². The minimum atomic E-state index is -0.227. The van der Waals surface area contributed by atoms with E-state index in [0.29, 0.717) is 41.6 Å². The Morgan fingerprint density at radius 1 is 0.871 bits per heavy atom. The molecule has 3 rings (SSSR count). The molecule has 2 aromatic carbocycles. The van der Waals surface area contributed by atoms with Crippen molar-refractivity contribution in [2.45, 2.75) is 6.42 Å². The van der Waals surface area contributed by atoms with Gasteiger partial charge in [-0.3, -0.25) is 9.59 Å². The summed E-state index contributed by atoms with van der Waals surface area (Å²) in [5, 5.41) is 2.87. The number of anilines is 1. The maximum absolute atomic E-state index is 12.9. The van der Waals surface area contributed by atoms with Gasteiger partial charge in [0.25, 0.3) is 5.91 Å². The van der Waals surface area contributed by atoms with E-state index >= 15 is 0 Å². The Morgan fingerprint density at radius 3 is 2.16 bits per heavy atom. The second-order valence-corrected chi connectivity index (χ2v) is 7.42. The Labute approximate surface area is 182 Å². The number of carbonyl (C=O) groups is 2. The van der Waals surface area contributed by atoms with E-state index in [-0.39, 0.29) is 18.2 Å². The van der Waals surface area contributed by atoms with Gasteiger partial charge in [0.1, 0.15) is 5.75 Å². The lowest BCUT2D eigenvalue weighted by Crippen LogP contribution is -2.47. The van der Waals surface area contributed by atoms with Gasteiger partial charge in [-0.2, -0.15) is 0 Å². The molecule has 8 nitrogen and oxygen atoms in total. The van der Waals surface area contributed by atoms with Crippen molar-refractivity contribution in [1.82, 2.24) is 9.80 Å². The Bertz CT molecular complexity index is 939. The van der Waals surface area contributed by atoms with Crippen molar-refractivity contribution in [2.24, 2.45) is 0 Å². The lowest BCUT2D eigenvalue weighted by Gasteiger charge is -2.32. The molecular formula is C23H29N3O5. The van der Waals surface area contributed by atoms with Gasteiger partial charge in [0.05, 0.1) is 33.4 Å². The van der Waals surface area contributed by atoms with Crippen molar-refractivity contribution < 1.29 is 23.8 Å². The van der Waals surface area contributed by atoms with Gasteiger partial charge < -0.3 is 29.3 Å². The number of amides is 2. The van der Waals surface area contributed by atoms with E-state index < -0.39 is 0 Å². The number of rotatable bonds is 7. The third kappa shape index (κ3) is 5.46. The molecule has 0 saturated carbocycles. The normalized spacial score (nSPS) is 14.1. The van der Waals surface area contributed by atoms with Gasteiger partial charge in [0.2, 0.25) is 5.91 Å². The minimum Gasteiger partial charge on any atom is -0.495 e. The fourth-order valence-corrected chi connectivity index (χ4v) is 3.50. The highest BCUT2D eigenvalue weighted by molar-refractivity contribution is 5.99. The molecule has 1 N–H and O–H groups in total. The number of nitrogens with zero attached hydrogens (tertiary/aromatic N) is 2. The molecule has 2 aromatic rings. The molecule has 2 amide bonds. The SMILES string of the molecule is COc1ccc(C(=O)N2CCN(C)CC2)cc1NC(=O)Cc1ccc(OC)c(OC)c1. The molecule has 0 spiro atoms. The van der Waals surface area contributed by atoms with Gasteiger partial charge >= 0.3 is 0 Å². The summed E-state index contributed by atoms with van der Waals surface area (Å²) < 4.78 is 15.9. The molecule has 1 aliphatic rings. The summed E-state index contributed by atoms with van der Waals surface area (Å²) in [6.45, 7) is 3.05. The lowest BCUT2D eigenvalue weighted by atomic mass is 10.1. The molecule has 0 bridgehead atoms. The number of methoxy groups -OCH3 is 3. The third-order valence-electron chi connectivity index (χ3n) is 5.32. The number of nitrogens with one attached hydrogen (secondary N) is 1. The second kappa shape index (κ2) is 10.2. The van der Waals surface area contributed by atoms with Gasteiger partial charge in [-0.1, -0.05) is 6.07 Å². The first-order valence-electron chi connectivity index (χ1n) is 10.1. The molecule has 1 fully saturated rings. The average Bonchev–Trinajstić information content (AvgIpc) is 2.78. The quantitative estimate of drug-likeness (QED) is 0.730. The van der Waals surface area contributed by atoms with E-state index in [0.717, 1.165) is 18.7 Å². The Kier molecular flexibility index (Phi) is 7.36. The molecule has 0 radical (unpaired) electrons. The van der Waals surface area contributed by atoms with E-state index in [1.165, 1.54) is 7.11 Å². The number of ether oxygens (including phenoxy) is 3. The van der Waals surface area contributed by atoms with Crippen LogP contribution < -0.4 is 19.5 Å². The van der Waals surface area contributed by atoms with E-state index in [4.69, 9.17) is 14.2 Å². The fraction of sp³-hybridized carbons (Fsp3) is 0.391. The highest BCUT2D eigenvalue weighted by Crippen LogP contribution is 2.29. The summed E-state index contributed by atoms with van der Waals surface area (Å²) in [7, 11) is 6.69. The fourth-order valence-electron chi connectivity index (χ4n) is 3.50. The summed E-state index contributed by atoms with van der Waals surface area (Å²) in [6.07, 6.45) is 0.139. The minimum absolute atomic E-state index is 0.0499. The Hall–Kier alpha value is -3.26. The van der Waals surface area contributed by atoms with Crippen molar-refractivity contribution in [1.29, 1.82) is 0 Å². The molecule has 0 unspecified atom stereocenters. The summed E-state index contributed by atoms with van der Waals surface area (Å²) in [5.41, 5.74) is 1.76. The zero-order valence-electron chi connectivity index (χ0n) is 18.4. The first-order chi connectivity index (χ1) is 14.9. The predicted octanol–water partition coefficient (Wildman–Crippen LogP) is 2.28. The highest BCUT2D eigenvalue weighted by Gasteiger charge is 2.21. The van der Waals surface area contributed by atoms with Crippen LogP contribution in [0.15, 0.2) is 36.4 Å². The molecule has 1 saturated heterocycles. The molecule has 8 heteroatoms. The van der Waals surface area contributed by atoms with Crippen LogP contribution in [0.3, 0.4) is 0 Å². The van der Waals surface area contributed by atoms with Crippen LogP contribution in [0.5, 0.6) is 17.2 Å². The van der Waals surface area contributed by atoms with Gasteiger partial charge in [-0.15, -0.1) is 0 Å². The summed E-state index contributed by atoms with van der Waals surface area (Å²) in [6, 6.07) is 10.4. The lowest BCUT2D eigenvalue weighted by molar-refractivity contribution is -0.115. The molecule has 0 aliphatic carbocycles. The number of carbonyl (C=O) groups excluding carboxylic acids is 2. The number of benzene rings is 2. The molecule has 0 atom stereocenters. The van der Waals surface area contributed by atoms with Gasteiger partial charge in [0.15, 0.2) is 11.5 Å².